The monoisotopic (exact) mass is 482 g/mol. The number of nitrogens with one attached hydrogen (secondary N) is 1. The van der Waals surface area contributed by atoms with Crippen LogP contribution in [0.5, 0.6) is 5.75 Å². The van der Waals surface area contributed by atoms with Crippen LogP contribution in [-0.2, 0) is 16.1 Å². The van der Waals surface area contributed by atoms with Crippen molar-refractivity contribution in [2.45, 2.75) is 33.2 Å². The van der Waals surface area contributed by atoms with Crippen LogP contribution < -0.4 is 10.1 Å². The quantitative estimate of drug-likeness (QED) is 0.206. The standard InChI is InChI=1S/C30H30N2O4/c1-21-7-5-8-23(17-21)20-32-15-14-25-19-24(12-13-27(25)32)22(2)18-29(33)31-26-9-3-4-10-28(26)36-16-6-11-30(34)35/h3-5,7-10,12-15,17-19H,6,11,16,20H2,1-2H3,(H,31,33)(H,34,35)/b22-18+. The molecule has 0 fully saturated rings. The average Bonchev–Trinajstić information content (AvgIpc) is 3.24. The molecule has 0 saturated carbocycles. The van der Waals surface area contributed by atoms with Crippen molar-refractivity contribution >= 4 is 34.0 Å². The summed E-state index contributed by atoms with van der Waals surface area (Å²) in [6.07, 6.45) is 4.10. The number of aromatic nitrogens is 1. The zero-order valence-electron chi connectivity index (χ0n) is 20.5. The van der Waals surface area contributed by atoms with Gasteiger partial charge in [0.05, 0.1) is 12.3 Å². The van der Waals surface area contributed by atoms with E-state index in [1.165, 1.54) is 11.1 Å². The van der Waals surface area contributed by atoms with E-state index in [4.69, 9.17) is 9.84 Å². The predicted molar refractivity (Wildman–Crippen MR) is 143 cm³/mol. The molecule has 36 heavy (non-hydrogen) atoms. The Balaban J connectivity index is 1.44. The molecule has 4 rings (SSSR count). The maximum absolute atomic E-state index is 12.7. The number of carbonyl (C=O) groups excluding carboxylic acids is 1. The van der Waals surface area contributed by atoms with Gasteiger partial charge in [-0.15, -0.1) is 0 Å². The van der Waals surface area contributed by atoms with Gasteiger partial charge in [-0.2, -0.15) is 0 Å². The van der Waals surface area contributed by atoms with Crippen LogP contribution in [0, 0.1) is 6.92 Å². The minimum atomic E-state index is -0.859. The normalized spacial score (nSPS) is 11.4. The minimum Gasteiger partial charge on any atom is -0.491 e. The number of hydrogen-bond acceptors (Lipinski definition) is 3. The third-order valence-corrected chi connectivity index (χ3v) is 5.95. The van der Waals surface area contributed by atoms with Crippen LogP contribution in [0.4, 0.5) is 5.69 Å². The number of carboxylic acids is 1. The van der Waals surface area contributed by atoms with Crippen molar-refractivity contribution in [2.24, 2.45) is 0 Å². The van der Waals surface area contributed by atoms with Crippen molar-refractivity contribution in [1.82, 2.24) is 4.57 Å². The Labute approximate surface area is 210 Å². The number of amides is 1. The van der Waals surface area contributed by atoms with E-state index in [0.717, 1.165) is 28.6 Å². The molecule has 0 atom stereocenters. The Morgan fingerprint density at radius 1 is 1.03 bits per heavy atom. The minimum absolute atomic E-state index is 0.0378. The van der Waals surface area contributed by atoms with E-state index in [-0.39, 0.29) is 18.9 Å². The summed E-state index contributed by atoms with van der Waals surface area (Å²) in [5, 5.41) is 12.8. The molecule has 0 aliphatic carbocycles. The summed E-state index contributed by atoms with van der Waals surface area (Å²) in [4.78, 5) is 23.4. The van der Waals surface area contributed by atoms with Gasteiger partial charge >= 0.3 is 5.97 Å². The fourth-order valence-electron chi connectivity index (χ4n) is 4.14. The number of benzene rings is 3. The summed E-state index contributed by atoms with van der Waals surface area (Å²) in [5.74, 6) is -0.605. The van der Waals surface area contributed by atoms with Gasteiger partial charge in [0.1, 0.15) is 5.75 Å². The number of anilines is 1. The Morgan fingerprint density at radius 2 is 1.86 bits per heavy atom. The molecule has 2 N–H and O–H groups in total. The number of hydrogen-bond donors (Lipinski definition) is 2. The highest BCUT2D eigenvalue weighted by atomic mass is 16.5. The predicted octanol–water partition coefficient (Wildman–Crippen LogP) is 6.28. The second-order valence-corrected chi connectivity index (χ2v) is 8.86. The third-order valence-electron chi connectivity index (χ3n) is 5.95. The second kappa shape index (κ2) is 11.4. The van der Waals surface area contributed by atoms with Gasteiger partial charge in [0.25, 0.3) is 0 Å². The number of ether oxygens (including phenoxy) is 1. The molecule has 6 nitrogen and oxygen atoms in total. The van der Waals surface area contributed by atoms with Crippen molar-refractivity contribution in [3.05, 3.63) is 102 Å². The summed E-state index contributed by atoms with van der Waals surface area (Å²) >= 11 is 0. The Hall–Kier alpha value is -4.32. The van der Waals surface area contributed by atoms with Gasteiger partial charge in [0.15, 0.2) is 0 Å². The largest absolute Gasteiger partial charge is 0.491 e. The van der Waals surface area contributed by atoms with Crippen LogP contribution in [0.25, 0.3) is 16.5 Å². The van der Waals surface area contributed by atoms with Gasteiger partial charge in [-0.05, 0) is 67.3 Å². The number of rotatable bonds is 10. The maximum Gasteiger partial charge on any atom is 0.303 e. The molecule has 0 unspecified atom stereocenters. The van der Waals surface area contributed by atoms with Crippen LogP contribution in [0.3, 0.4) is 0 Å². The molecule has 1 amide bonds. The molecule has 1 aromatic heterocycles. The van der Waals surface area contributed by atoms with Gasteiger partial charge in [0, 0.05) is 36.1 Å². The Kier molecular flexibility index (Phi) is 7.85. The average molecular weight is 483 g/mol. The number of fused-ring (bicyclic) bond motifs is 1. The van der Waals surface area contributed by atoms with E-state index in [9.17, 15) is 9.59 Å². The van der Waals surface area contributed by atoms with Crippen molar-refractivity contribution in [1.29, 1.82) is 0 Å². The van der Waals surface area contributed by atoms with E-state index < -0.39 is 5.97 Å². The van der Waals surface area contributed by atoms with Crippen LogP contribution in [0.15, 0.2) is 85.1 Å². The van der Waals surface area contributed by atoms with Gasteiger partial charge in [-0.1, -0.05) is 48.0 Å². The zero-order chi connectivity index (χ0) is 25.5. The summed E-state index contributed by atoms with van der Waals surface area (Å²) in [6.45, 7) is 5.08. The van der Waals surface area contributed by atoms with Gasteiger partial charge in [-0.25, -0.2) is 0 Å². The smallest absolute Gasteiger partial charge is 0.303 e. The lowest BCUT2D eigenvalue weighted by Gasteiger charge is -2.12. The number of nitrogens with zero attached hydrogens (tertiary/aromatic N) is 1. The first-order chi connectivity index (χ1) is 17.4. The fourth-order valence-corrected chi connectivity index (χ4v) is 4.14. The van der Waals surface area contributed by atoms with E-state index >= 15 is 0 Å². The molecule has 3 aromatic carbocycles. The van der Waals surface area contributed by atoms with Crippen molar-refractivity contribution in [3.63, 3.8) is 0 Å². The summed E-state index contributed by atoms with van der Waals surface area (Å²) < 4.78 is 7.91. The zero-order valence-corrected chi connectivity index (χ0v) is 20.5. The molecular weight excluding hydrogens is 452 g/mol. The molecular formula is C30H30N2O4. The lowest BCUT2D eigenvalue weighted by atomic mass is 10.0. The number of allylic oxidation sites excluding steroid dienone is 1. The molecule has 4 aromatic rings. The third kappa shape index (κ3) is 6.42. The maximum atomic E-state index is 12.7. The molecule has 184 valence electrons. The van der Waals surface area contributed by atoms with E-state index in [0.29, 0.717) is 17.9 Å². The molecule has 0 spiro atoms. The summed E-state index contributed by atoms with van der Waals surface area (Å²) in [7, 11) is 0. The Bertz CT molecular complexity index is 1420. The topological polar surface area (TPSA) is 80.6 Å². The van der Waals surface area contributed by atoms with Crippen LogP contribution >= 0.6 is 0 Å². The van der Waals surface area contributed by atoms with Gasteiger partial charge in [-0.3, -0.25) is 9.59 Å². The van der Waals surface area contributed by atoms with Crippen molar-refractivity contribution < 1.29 is 19.4 Å². The number of para-hydroxylation sites is 2. The highest BCUT2D eigenvalue weighted by Crippen LogP contribution is 2.26. The van der Waals surface area contributed by atoms with Crippen LogP contribution in [0.1, 0.15) is 36.5 Å². The molecule has 0 aliphatic heterocycles. The van der Waals surface area contributed by atoms with Crippen molar-refractivity contribution in [2.75, 3.05) is 11.9 Å². The van der Waals surface area contributed by atoms with Crippen LogP contribution in [0.2, 0.25) is 0 Å². The first-order valence-corrected chi connectivity index (χ1v) is 12.0. The molecule has 0 aliphatic rings. The highest BCUT2D eigenvalue weighted by molar-refractivity contribution is 6.04. The summed E-state index contributed by atoms with van der Waals surface area (Å²) in [5.41, 5.74) is 6.02. The van der Waals surface area contributed by atoms with Gasteiger partial charge < -0.3 is 19.7 Å². The number of carbonyl (C=O) groups is 2. The molecule has 0 saturated heterocycles. The number of aryl methyl sites for hydroxylation is 1. The number of carboxylic acid groups (broad SMARTS) is 1. The number of aliphatic carboxylic acids is 1. The van der Waals surface area contributed by atoms with E-state index in [1.807, 2.05) is 25.1 Å². The first kappa shape index (κ1) is 24.8. The van der Waals surface area contributed by atoms with Gasteiger partial charge in [0.2, 0.25) is 5.91 Å². The molecule has 6 heteroatoms. The molecule has 1 heterocycles. The highest BCUT2D eigenvalue weighted by Gasteiger charge is 2.09. The van der Waals surface area contributed by atoms with E-state index in [2.05, 4.69) is 65.5 Å². The fraction of sp³-hybridized carbons (Fsp3) is 0.200. The van der Waals surface area contributed by atoms with E-state index in [1.54, 1.807) is 18.2 Å². The lowest BCUT2D eigenvalue weighted by molar-refractivity contribution is -0.137. The van der Waals surface area contributed by atoms with Crippen molar-refractivity contribution in [3.8, 4) is 5.75 Å². The SMILES string of the molecule is C/C(=C\C(=O)Nc1ccccc1OCCCC(=O)O)c1ccc2c(ccn2Cc2cccc(C)c2)c1. The molecule has 0 radical (unpaired) electrons. The second-order valence-electron chi connectivity index (χ2n) is 8.86. The molecule has 0 bridgehead atoms. The Morgan fingerprint density at radius 3 is 2.67 bits per heavy atom. The van der Waals surface area contributed by atoms with Crippen LogP contribution in [-0.4, -0.2) is 28.2 Å². The summed E-state index contributed by atoms with van der Waals surface area (Å²) in [6, 6.07) is 24.0. The first-order valence-electron chi connectivity index (χ1n) is 12.0. The lowest BCUT2D eigenvalue weighted by Crippen LogP contribution is -2.11.